The zero-order valence-electron chi connectivity index (χ0n) is 25.9. The van der Waals surface area contributed by atoms with Gasteiger partial charge in [0.05, 0.1) is 12.5 Å². The normalized spacial score (nSPS) is 22.1. The minimum atomic E-state index is -0.970. The van der Waals surface area contributed by atoms with Gasteiger partial charge >= 0.3 is 5.97 Å². The molecule has 2 aromatic carbocycles. The van der Waals surface area contributed by atoms with E-state index >= 15 is 0 Å². The van der Waals surface area contributed by atoms with Crippen molar-refractivity contribution in [2.45, 2.75) is 97.8 Å². The molecule has 43 heavy (non-hydrogen) atoms. The van der Waals surface area contributed by atoms with Crippen LogP contribution in [0.1, 0.15) is 108 Å². The predicted octanol–water partition coefficient (Wildman–Crippen LogP) is 7.94. The maximum Gasteiger partial charge on any atom is 0.305 e. The van der Waals surface area contributed by atoms with Crippen molar-refractivity contribution in [3.63, 3.8) is 0 Å². The lowest BCUT2D eigenvalue weighted by Crippen LogP contribution is -2.51. The minimum absolute atomic E-state index is 0.137. The van der Waals surface area contributed by atoms with Crippen LogP contribution in [0, 0.1) is 17.3 Å². The van der Waals surface area contributed by atoms with Gasteiger partial charge < -0.3 is 15.3 Å². The average Bonchev–Trinajstić information content (AvgIpc) is 3.17. The van der Waals surface area contributed by atoms with Crippen LogP contribution in [0.4, 0.5) is 0 Å². The lowest BCUT2D eigenvalue weighted by Gasteiger charge is -2.47. The number of aliphatic carboxylic acids is 1. The van der Waals surface area contributed by atoms with E-state index in [1.54, 1.807) is 37.3 Å². The number of amides is 2. The maximum absolute atomic E-state index is 14.5. The summed E-state index contributed by atoms with van der Waals surface area (Å²) in [6, 6.07) is 11.7. The number of carbonyl (C=O) groups is 3. The van der Waals surface area contributed by atoms with Gasteiger partial charge in [0.15, 0.2) is 0 Å². The van der Waals surface area contributed by atoms with E-state index in [0.717, 1.165) is 37.7 Å². The molecule has 2 atom stereocenters. The van der Waals surface area contributed by atoms with Crippen molar-refractivity contribution in [1.29, 1.82) is 0 Å². The van der Waals surface area contributed by atoms with Gasteiger partial charge in [-0.2, -0.15) is 0 Å². The average molecular weight is 629 g/mol. The Kier molecular flexibility index (Phi) is 9.97. The summed E-state index contributed by atoms with van der Waals surface area (Å²) in [6.07, 6.45) is 4.00. The highest BCUT2D eigenvalue weighted by molar-refractivity contribution is 6.47. The quantitative estimate of drug-likeness (QED) is 0.295. The molecule has 1 spiro atoms. The number of carboxylic acid groups (broad SMARTS) is 1. The number of carbonyl (C=O) groups excluding carboxylic acids is 2. The molecule has 0 radical (unpaired) electrons. The smallest absolute Gasteiger partial charge is 0.305 e. The van der Waals surface area contributed by atoms with Gasteiger partial charge in [-0.05, 0) is 92.2 Å². The van der Waals surface area contributed by atoms with Crippen LogP contribution >= 0.6 is 23.2 Å². The van der Waals surface area contributed by atoms with Crippen molar-refractivity contribution < 1.29 is 19.5 Å². The van der Waals surface area contributed by atoms with Crippen LogP contribution in [0.15, 0.2) is 47.5 Å². The van der Waals surface area contributed by atoms with Crippen molar-refractivity contribution in [2.24, 2.45) is 22.2 Å². The van der Waals surface area contributed by atoms with Gasteiger partial charge in [0.2, 0.25) is 0 Å². The molecule has 232 valence electrons. The van der Waals surface area contributed by atoms with E-state index in [2.05, 4.69) is 39.9 Å². The number of rotatable bonds is 9. The second-order valence-corrected chi connectivity index (χ2v) is 14.5. The molecule has 7 nitrogen and oxygen atoms in total. The summed E-state index contributed by atoms with van der Waals surface area (Å²) in [5.74, 6) is -0.631. The zero-order valence-corrected chi connectivity index (χ0v) is 27.4. The number of carboxylic acids is 1. The molecule has 1 aliphatic heterocycles. The number of nitrogens with one attached hydrogen (secondary N) is 1. The molecule has 1 fully saturated rings. The first-order valence-electron chi connectivity index (χ1n) is 15.1. The molecule has 1 saturated carbocycles. The van der Waals surface area contributed by atoms with Crippen molar-refractivity contribution in [3.05, 3.63) is 69.2 Å². The predicted molar refractivity (Wildman–Crippen MR) is 172 cm³/mol. The van der Waals surface area contributed by atoms with Crippen molar-refractivity contribution in [3.8, 4) is 0 Å². The van der Waals surface area contributed by atoms with Crippen LogP contribution in [-0.4, -0.2) is 45.2 Å². The first-order chi connectivity index (χ1) is 20.1. The molecular weight excluding hydrogens is 585 g/mol. The lowest BCUT2D eigenvalue weighted by molar-refractivity contribution is -0.137. The molecule has 4 rings (SSSR count). The van der Waals surface area contributed by atoms with Gasteiger partial charge in [0.1, 0.15) is 11.4 Å². The fraction of sp³-hybridized carbons (Fsp3) is 0.529. The van der Waals surface area contributed by atoms with E-state index in [1.807, 2.05) is 17.0 Å². The van der Waals surface area contributed by atoms with Gasteiger partial charge in [-0.1, -0.05) is 70.0 Å². The van der Waals surface area contributed by atoms with Crippen LogP contribution in [0.25, 0.3) is 0 Å². The van der Waals surface area contributed by atoms with Crippen molar-refractivity contribution in [1.82, 2.24) is 10.2 Å². The second kappa shape index (κ2) is 13.0. The SMILES string of the molecule is CC(C)CC(c1ccc(C(=O)N[C@@H](C)CC(=O)O)cc1)N1C(=O)C(c2cc(Cl)cc(Cl)c2)=NC12CCC(C(C)(C)C)CC2. The molecule has 1 aliphatic carbocycles. The van der Waals surface area contributed by atoms with Gasteiger partial charge in [-0.15, -0.1) is 0 Å². The summed E-state index contributed by atoms with van der Waals surface area (Å²) in [5.41, 5.74) is 1.84. The molecule has 2 N–H and O–H groups in total. The first-order valence-corrected chi connectivity index (χ1v) is 15.9. The summed E-state index contributed by atoms with van der Waals surface area (Å²) in [6.45, 7) is 12.8. The van der Waals surface area contributed by atoms with Crippen LogP contribution in [0.2, 0.25) is 10.0 Å². The lowest BCUT2D eigenvalue weighted by atomic mass is 9.69. The monoisotopic (exact) mass is 627 g/mol. The summed E-state index contributed by atoms with van der Waals surface area (Å²) in [4.78, 5) is 45.5. The summed E-state index contributed by atoms with van der Waals surface area (Å²) < 4.78 is 0. The molecule has 0 saturated heterocycles. The second-order valence-electron chi connectivity index (χ2n) is 13.7. The number of nitrogens with zero attached hydrogens (tertiary/aromatic N) is 2. The summed E-state index contributed by atoms with van der Waals surface area (Å²) in [5, 5.41) is 12.7. The van der Waals surface area contributed by atoms with Gasteiger partial charge in [-0.25, -0.2) is 0 Å². The Bertz CT molecular complexity index is 1370. The van der Waals surface area contributed by atoms with Gasteiger partial charge in [0.25, 0.3) is 11.8 Å². The van der Waals surface area contributed by atoms with E-state index in [4.69, 9.17) is 33.3 Å². The standard InChI is InChI=1S/C34H43Cl2N3O4/c1-20(2)15-28(22-7-9-23(10-8-22)31(42)37-21(3)16-29(40)41)39-32(43)30(24-17-26(35)19-27(36)18-24)38-34(39)13-11-25(12-14-34)33(4,5)6/h7-10,17-21,25,28H,11-16H2,1-6H3,(H,37,42)(H,40,41)/t21-,25?,28?,34?/m0/s1. The van der Waals surface area contributed by atoms with E-state index in [9.17, 15) is 14.4 Å². The Morgan fingerprint density at radius 1 is 1.05 bits per heavy atom. The van der Waals surface area contributed by atoms with Gasteiger partial charge in [0, 0.05) is 27.2 Å². The molecule has 2 aliphatic rings. The highest BCUT2D eigenvalue weighted by Gasteiger charge is 2.52. The number of hydrogen-bond donors (Lipinski definition) is 2. The molecule has 0 bridgehead atoms. The van der Waals surface area contributed by atoms with Crippen molar-refractivity contribution >= 4 is 46.7 Å². The third kappa shape index (κ3) is 7.61. The number of benzene rings is 2. The fourth-order valence-corrected chi connectivity index (χ4v) is 7.06. The summed E-state index contributed by atoms with van der Waals surface area (Å²) in [7, 11) is 0. The molecule has 9 heteroatoms. The van der Waals surface area contributed by atoms with Crippen molar-refractivity contribution in [2.75, 3.05) is 0 Å². The number of hydrogen-bond acceptors (Lipinski definition) is 4. The Morgan fingerprint density at radius 3 is 2.14 bits per heavy atom. The Balaban J connectivity index is 1.72. The van der Waals surface area contributed by atoms with Crippen LogP contribution in [0.3, 0.4) is 0 Å². The Labute approximate surface area is 265 Å². The molecule has 0 aromatic heterocycles. The molecular formula is C34H43Cl2N3O4. The van der Waals surface area contributed by atoms with E-state index < -0.39 is 17.7 Å². The van der Waals surface area contributed by atoms with E-state index in [-0.39, 0.29) is 35.6 Å². The number of halogens is 2. The Hall–Kier alpha value is -2.90. The molecule has 1 heterocycles. The number of aliphatic imine (C=N–C) groups is 1. The zero-order chi connectivity index (χ0) is 31.7. The Morgan fingerprint density at radius 2 is 1.63 bits per heavy atom. The van der Waals surface area contributed by atoms with Crippen LogP contribution < -0.4 is 5.32 Å². The minimum Gasteiger partial charge on any atom is -0.481 e. The largest absolute Gasteiger partial charge is 0.481 e. The first kappa shape index (κ1) is 33.0. The van der Waals surface area contributed by atoms with E-state index in [1.165, 1.54) is 0 Å². The third-order valence-corrected chi connectivity index (χ3v) is 9.20. The van der Waals surface area contributed by atoms with E-state index in [0.29, 0.717) is 32.8 Å². The van der Waals surface area contributed by atoms with Gasteiger partial charge in [-0.3, -0.25) is 19.4 Å². The highest BCUT2D eigenvalue weighted by Crippen LogP contribution is 2.50. The molecule has 2 amide bonds. The third-order valence-electron chi connectivity index (χ3n) is 8.76. The summed E-state index contributed by atoms with van der Waals surface area (Å²) >= 11 is 12.7. The van der Waals surface area contributed by atoms with Crippen LogP contribution in [0.5, 0.6) is 0 Å². The van der Waals surface area contributed by atoms with Crippen LogP contribution in [-0.2, 0) is 9.59 Å². The fourth-order valence-electron chi connectivity index (χ4n) is 6.54. The molecule has 1 unspecified atom stereocenters. The highest BCUT2D eigenvalue weighted by atomic mass is 35.5. The topological polar surface area (TPSA) is 99.1 Å². The maximum atomic E-state index is 14.5. The molecule has 2 aromatic rings.